The van der Waals surface area contributed by atoms with Crippen LogP contribution >= 0.6 is 23.2 Å². The number of hydrogen-bond donors (Lipinski definition) is 2. The molecule has 4 fully saturated rings. The standard InChI is InChI=1S/C16H18Cl2FN3O/c17-11-2-1-10(13(19)12(11)18)15(21-23)20-14-9-3-7-22(8-4-9)16(14)5-6-16/h1-2,9,14,23H,3-8H2,(H,20,21)/t14-/m1/s1. The monoisotopic (exact) mass is 357 g/mol. The van der Waals surface area contributed by atoms with E-state index in [1.807, 2.05) is 0 Å². The van der Waals surface area contributed by atoms with E-state index in [4.69, 9.17) is 23.2 Å². The third-order valence-electron chi connectivity index (χ3n) is 5.66. The number of fused-ring (bicyclic) bond motifs is 2. The SMILES string of the molecule is O/N=C(/N[C@@H]1C2CCN(CC2)C12CC2)c1ccc(Cl)c(Cl)c1F. The number of nitrogens with one attached hydrogen (secondary N) is 1. The van der Waals surface area contributed by atoms with Gasteiger partial charge in [-0.3, -0.25) is 4.90 Å². The molecular weight excluding hydrogens is 340 g/mol. The molecule has 2 bridgehead atoms. The number of oxime groups is 1. The number of nitrogens with zero attached hydrogens (tertiary/aromatic N) is 2. The first-order chi connectivity index (χ1) is 11.1. The highest BCUT2D eigenvalue weighted by molar-refractivity contribution is 6.42. The quantitative estimate of drug-likeness (QED) is 0.280. The lowest BCUT2D eigenvalue weighted by Gasteiger charge is -2.52. The zero-order valence-electron chi connectivity index (χ0n) is 12.5. The van der Waals surface area contributed by atoms with Crippen molar-refractivity contribution in [1.29, 1.82) is 0 Å². The predicted molar refractivity (Wildman–Crippen MR) is 87.9 cm³/mol. The summed E-state index contributed by atoms with van der Waals surface area (Å²) >= 11 is 11.7. The fourth-order valence-electron chi connectivity index (χ4n) is 4.34. The van der Waals surface area contributed by atoms with Crippen LogP contribution in [0.5, 0.6) is 0 Å². The molecule has 0 amide bonds. The smallest absolute Gasteiger partial charge is 0.175 e. The zero-order valence-corrected chi connectivity index (χ0v) is 14.0. The number of amidine groups is 1. The molecule has 1 spiro atoms. The first-order valence-corrected chi connectivity index (χ1v) is 8.70. The Balaban J connectivity index is 1.64. The van der Waals surface area contributed by atoms with Gasteiger partial charge in [0.1, 0.15) is 0 Å². The molecular formula is C16H18Cl2FN3O. The Morgan fingerprint density at radius 2 is 2.00 bits per heavy atom. The summed E-state index contributed by atoms with van der Waals surface area (Å²) in [5.41, 5.74) is 0.304. The molecule has 1 saturated carbocycles. The number of hydrogen-bond acceptors (Lipinski definition) is 3. The van der Waals surface area contributed by atoms with Crippen molar-refractivity contribution >= 4 is 29.0 Å². The van der Waals surface area contributed by atoms with E-state index in [9.17, 15) is 9.60 Å². The molecule has 3 saturated heterocycles. The Morgan fingerprint density at radius 3 is 2.61 bits per heavy atom. The van der Waals surface area contributed by atoms with Gasteiger partial charge in [-0.1, -0.05) is 28.4 Å². The topological polar surface area (TPSA) is 47.9 Å². The number of piperidine rings is 3. The van der Waals surface area contributed by atoms with Gasteiger partial charge in [-0.2, -0.15) is 0 Å². The van der Waals surface area contributed by atoms with Crippen molar-refractivity contribution < 1.29 is 9.60 Å². The van der Waals surface area contributed by atoms with E-state index in [2.05, 4.69) is 15.4 Å². The maximum Gasteiger partial charge on any atom is 0.175 e. The summed E-state index contributed by atoms with van der Waals surface area (Å²) in [6.07, 6.45) is 4.54. The second kappa shape index (κ2) is 5.50. The molecule has 4 nitrogen and oxygen atoms in total. The van der Waals surface area contributed by atoms with E-state index in [1.165, 1.54) is 12.1 Å². The number of halogens is 3. The Labute approximate surface area is 144 Å². The average molecular weight is 358 g/mol. The van der Waals surface area contributed by atoms with E-state index in [0.29, 0.717) is 5.92 Å². The van der Waals surface area contributed by atoms with E-state index in [1.54, 1.807) is 0 Å². The third kappa shape index (κ3) is 2.32. The molecule has 5 rings (SSSR count). The Hall–Kier alpha value is -1.04. The highest BCUT2D eigenvalue weighted by Gasteiger charge is 2.60. The van der Waals surface area contributed by atoms with Crippen molar-refractivity contribution in [3.8, 4) is 0 Å². The predicted octanol–water partition coefficient (Wildman–Crippen LogP) is 3.48. The molecule has 0 unspecified atom stereocenters. The molecule has 1 aromatic carbocycles. The first-order valence-electron chi connectivity index (χ1n) is 7.94. The number of benzene rings is 1. The van der Waals surface area contributed by atoms with Crippen LogP contribution in [0, 0.1) is 11.7 Å². The van der Waals surface area contributed by atoms with Gasteiger partial charge in [0.25, 0.3) is 0 Å². The van der Waals surface area contributed by atoms with E-state index in [-0.39, 0.29) is 33.0 Å². The van der Waals surface area contributed by atoms with Crippen molar-refractivity contribution in [1.82, 2.24) is 10.2 Å². The minimum Gasteiger partial charge on any atom is -0.409 e. The van der Waals surface area contributed by atoms with Crippen LogP contribution in [-0.2, 0) is 0 Å². The van der Waals surface area contributed by atoms with Crippen LogP contribution in [0.4, 0.5) is 4.39 Å². The van der Waals surface area contributed by atoms with Crippen molar-refractivity contribution in [2.24, 2.45) is 11.1 Å². The molecule has 1 atom stereocenters. The normalized spacial score (nSPS) is 31.4. The maximum atomic E-state index is 14.4. The molecule has 124 valence electrons. The van der Waals surface area contributed by atoms with Gasteiger partial charge in [0.2, 0.25) is 0 Å². The summed E-state index contributed by atoms with van der Waals surface area (Å²) < 4.78 is 14.4. The maximum absolute atomic E-state index is 14.4. The molecule has 0 radical (unpaired) electrons. The van der Waals surface area contributed by atoms with Gasteiger partial charge in [0.05, 0.1) is 15.6 Å². The van der Waals surface area contributed by atoms with E-state index in [0.717, 1.165) is 38.8 Å². The van der Waals surface area contributed by atoms with Crippen molar-refractivity contribution in [3.05, 3.63) is 33.6 Å². The zero-order chi connectivity index (χ0) is 16.2. The molecule has 2 N–H and O–H groups in total. The van der Waals surface area contributed by atoms with Crippen LogP contribution in [0.25, 0.3) is 0 Å². The molecule has 3 aliphatic heterocycles. The molecule has 4 aliphatic rings. The lowest BCUT2D eigenvalue weighted by molar-refractivity contribution is 0.00443. The van der Waals surface area contributed by atoms with Crippen molar-refractivity contribution in [3.63, 3.8) is 0 Å². The molecule has 7 heteroatoms. The highest BCUT2D eigenvalue weighted by Crippen LogP contribution is 2.53. The summed E-state index contributed by atoms with van der Waals surface area (Å²) in [5, 5.41) is 16.0. The second-order valence-corrected chi connectivity index (χ2v) is 7.51. The fourth-order valence-corrected chi connectivity index (χ4v) is 4.65. The highest BCUT2D eigenvalue weighted by atomic mass is 35.5. The molecule has 1 aliphatic carbocycles. The third-order valence-corrected chi connectivity index (χ3v) is 6.45. The minimum atomic E-state index is -0.661. The van der Waals surface area contributed by atoms with Crippen LogP contribution in [0.3, 0.4) is 0 Å². The molecule has 23 heavy (non-hydrogen) atoms. The number of rotatable bonds is 2. The van der Waals surface area contributed by atoms with Crippen LogP contribution in [0.2, 0.25) is 10.0 Å². The molecule has 0 aromatic heterocycles. The Kier molecular flexibility index (Phi) is 3.70. The lowest BCUT2D eigenvalue weighted by Crippen LogP contribution is -2.65. The second-order valence-electron chi connectivity index (χ2n) is 6.72. The van der Waals surface area contributed by atoms with Crippen LogP contribution in [0.1, 0.15) is 31.2 Å². The van der Waals surface area contributed by atoms with Gasteiger partial charge in [0.15, 0.2) is 11.7 Å². The van der Waals surface area contributed by atoms with Crippen LogP contribution in [-0.4, -0.2) is 40.6 Å². The van der Waals surface area contributed by atoms with Gasteiger partial charge in [-0.15, -0.1) is 0 Å². The summed E-state index contributed by atoms with van der Waals surface area (Å²) in [6.45, 7) is 2.27. The summed E-state index contributed by atoms with van der Waals surface area (Å²) in [7, 11) is 0. The van der Waals surface area contributed by atoms with Gasteiger partial charge in [-0.25, -0.2) is 4.39 Å². The van der Waals surface area contributed by atoms with Gasteiger partial charge >= 0.3 is 0 Å². The van der Waals surface area contributed by atoms with Crippen LogP contribution in [0.15, 0.2) is 17.3 Å². The average Bonchev–Trinajstić information content (AvgIpc) is 3.35. The van der Waals surface area contributed by atoms with Gasteiger partial charge in [-0.05, 0) is 56.8 Å². The van der Waals surface area contributed by atoms with Crippen molar-refractivity contribution in [2.45, 2.75) is 37.3 Å². The lowest BCUT2D eigenvalue weighted by atomic mass is 9.76. The Morgan fingerprint density at radius 1 is 1.30 bits per heavy atom. The largest absolute Gasteiger partial charge is 0.409 e. The fraction of sp³-hybridized carbons (Fsp3) is 0.562. The van der Waals surface area contributed by atoms with Crippen LogP contribution < -0.4 is 5.32 Å². The minimum absolute atomic E-state index is 0.131. The summed E-state index contributed by atoms with van der Waals surface area (Å²) in [5.74, 6) is 0.00163. The van der Waals surface area contributed by atoms with Gasteiger partial charge in [0, 0.05) is 11.6 Å². The van der Waals surface area contributed by atoms with Gasteiger partial charge < -0.3 is 10.5 Å². The molecule has 3 heterocycles. The van der Waals surface area contributed by atoms with E-state index < -0.39 is 5.82 Å². The Bertz CT molecular complexity index is 670. The van der Waals surface area contributed by atoms with E-state index >= 15 is 0 Å². The summed E-state index contributed by atoms with van der Waals surface area (Å²) in [6, 6.07) is 3.19. The summed E-state index contributed by atoms with van der Waals surface area (Å²) in [4.78, 5) is 2.53. The first kappa shape index (κ1) is 15.5. The van der Waals surface area contributed by atoms with Crippen molar-refractivity contribution in [2.75, 3.05) is 13.1 Å². The molecule has 1 aromatic rings.